The fourth-order valence-corrected chi connectivity index (χ4v) is 2.31. The lowest BCUT2D eigenvalue weighted by Crippen LogP contribution is -2.25. The summed E-state index contributed by atoms with van der Waals surface area (Å²) in [5.41, 5.74) is 6.78. The standard InChI is InChI=1S/C12H17NOS/c13-5-4-10-2-1-3-12(6-10)14-7-11-8-15-9-11/h1-3,6,11H,4-5,7-9,13H2. The average molecular weight is 223 g/mol. The monoisotopic (exact) mass is 223 g/mol. The van der Waals surface area contributed by atoms with E-state index in [-0.39, 0.29) is 0 Å². The summed E-state index contributed by atoms with van der Waals surface area (Å²) >= 11 is 2.00. The summed E-state index contributed by atoms with van der Waals surface area (Å²) in [5, 5.41) is 0. The molecule has 2 nitrogen and oxygen atoms in total. The molecule has 0 aliphatic carbocycles. The van der Waals surface area contributed by atoms with Crippen LogP contribution in [0.25, 0.3) is 0 Å². The van der Waals surface area contributed by atoms with Crippen LogP contribution in [0.15, 0.2) is 24.3 Å². The van der Waals surface area contributed by atoms with E-state index in [0.717, 1.165) is 24.7 Å². The van der Waals surface area contributed by atoms with Crippen LogP contribution in [0.5, 0.6) is 5.75 Å². The third-order valence-electron chi connectivity index (χ3n) is 2.52. The highest BCUT2D eigenvalue weighted by molar-refractivity contribution is 8.00. The summed E-state index contributed by atoms with van der Waals surface area (Å²) < 4.78 is 5.74. The van der Waals surface area contributed by atoms with Gasteiger partial charge in [-0.15, -0.1) is 0 Å². The maximum absolute atomic E-state index is 5.74. The molecule has 2 rings (SSSR count). The lowest BCUT2D eigenvalue weighted by Gasteiger charge is -2.24. The van der Waals surface area contributed by atoms with Gasteiger partial charge in [0.05, 0.1) is 6.61 Å². The van der Waals surface area contributed by atoms with Gasteiger partial charge in [0.1, 0.15) is 5.75 Å². The van der Waals surface area contributed by atoms with Crippen LogP contribution in [0.2, 0.25) is 0 Å². The molecular formula is C12H17NOS. The summed E-state index contributed by atoms with van der Waals surface area (Å²) in [6, 6.07) is 8.25. The zero-order valence-electron chi connectivity index (χ0n) is 8.82. The summed E-state index contributed by atoms with van der Waals surface area (Å²) in [6.07, 6.45) is 0.927. The highest BCUT2D eigenvalue weighted by Crippen LogP contribution is 2.25. The van der Waals surface area contributed by atoms with Gasteiger partial charge in [0.25, 0.3) is 0 Å². The Kier molecular flexibility index (Phi) is 3.92. The Morgan fingerprint density at radius 3 is 2.93 bits per heavy atom. The fourth-order valence-electron chi connectivity index (χ4n) is 1.55. The zero-order valence-corrected chi connectivity index (χ0v) is 9.63. The Morgan fingerprint density at radius 2 is 2.27 bits per heavy atom. The molecule has 0 unspecified atom stereocenters. The SMILES string of the molecule is NCCc1cccc(OCC2CSC2)c1. The van der Waals surface area contributed by atoms with Crippen molar-refractivity contribution in [1.29, 1.82) is 0 Å². The first-order valence-corrected chi connectivity index (χ1v) is 6.53. The number of benzene rings is 1. The van der Waals surface area contributed by atoms with Crippen LogP contribution in [0.3, 0.4) is 0 Å². The van der Waals surface area contributed by atoms with Crippen LogP contribution in [0.1, 0.15) is 5.56 Å². The highest BCUT2D eigenvalue weighted by Gasteiger charge is 2.18. The molecule has 1 aliphatic heterocycles. The molecule has 15 heavy (non-hydrogen) atoms. The first-order chi connectivity index (χ1) is 7.38. The Hall–Kier alpha value is -0.670. The average Bonchev–Trinajstić information content (AvgIpc) is 2.16. The van der Waals surface area contributed by atoms with Crippen LogP contribution >= 0.6 is 11.8 Å². The van der Waals surface area contributed by atoms with E-state index in [1.807, 2.05) is 23.9 Å². The van der Waals surface area contributed by atoms with Crippen molar-refractivity contribution in [2.24, 2.45) is 11.7 Å². The molecule has 0 spiro atoms. The first-order valence-electron chi connectivity index (χ1n) is 5.38. The number of nitrogens with two attached hydrogens (primary N) is 1. The predicted octanol–water partition coefficient (Wildman–Crippen LogP) is 1.93. The zero-order chi connectivity index (χ0) is 10.5. The van der Waals surface area contributed by atoms with Gasteiger partial charge in [-0.2, -0.15) is 11.8 Å². The summed E-state index contributed by atoms with van der Waals surface area (Å²) in [4.78, 5) is 0. The first kappa shape index (κ1) is 10.8. The maximum Gasteiger partial charge on any atom is 0.119 e. The van der Waals surface area contributed by atoms with Crippen molar-refractivity contribution in [2.75, 3.05) is 24.7 Å². The Bertz CT molecular complexity index is 312. The second-order valence-electron chi connectivity index (χ2n) is 3.90. The molecule has 1 fully saturated rings. The van der Waals surface area contributed by atoms with Gasteiger partial charge in [0.2, 0.25) is 0 Å². The molecule has 0 amide bonds. The fraction of sp³-hybridized carbons (Fsp3) is 0.500. The van der Waals surface area contributed by atoms with Crippen molar-refractivity contribution >= 4 is 11.8 Å². The molecule has 3 heteroatoms. The molecule has 0 radical (unpaired) electrons. The molecule has 1 aromatic carbocycles. The van der Waals surface area contributed by atoms with E-state index >= 15 is 0 Å². The van der Waals surface area contributed by atoms with Gasteiger partial charge in [-0.05, 0) is 30.7 Å². The van der Waals surface area contributed by atoms with Crippen molar-refractivity contribution in [3.8, 4) is 5.75 Å². The predicted molar refractivity (Wildman–Crippen MR) is 65.5 cm³/mol. The van der Waals surface area contributed by atoms with E-state index in [1.54, 1.807) is 0 Å². The number of hydrogen-bond acceptors (Lipinski definition) is 3. The minimum Gasteiger partial charge on any atom is -0.493 e. The second-order valence-corrected chi connectivity index (χ2v) is 4.98. The third-order valence-corrected chi connectivity index (χ3v) is 3.94. The van der Waals surface area contributed by atoms with Crippen LogP contribution in [-0.2, 0) is 6.42 Å². The molecule has 0 atom stereocenters. The van der Waals surface area contributed by atoms with Crippen molar-refractivity contribution in [3.05, 3.63) is 29.8 Å². The molecule has 82 valence electrons. The van der Waals surface area contributed by atoms with Crippen molar-refractivity contribution in [2.45, 2.75) is 6.42 Å². The van der Waals surface area contributed by atoms with Crippen LogP contribution in [0, 0.1) is 5.92 Å². The van der Waals surface area contributed by atoms with E-state index < -0.39 is 0 Å². The molecule has 1 aromatic rings. The molecule has 2 N–H and O–H groups in total. The molecular weight excluding hydrogens is 206 g/mol. The van der Waals surface area contributed by atoms with Gasteiger partial charge in [-0.1, -0.05) is 12.1 Å². The van der Waals surface area contributed by atoms with Gasteiger partial charge in [0.15, 0.2) is 0 Å². The van der Waals surface area contributed by atoms with Gasteiger partial charge < -0.3 is 10.5 Å². The highest BCUT2D eigenvalue weighted by atomic mass is 32.2. The van der Waals surface area contributed by atoms with Crippen LogP contribution < -0.4 is 10.5 Å². The quantitative estimate of drug-likeness (QED) is 0.828. The molecule has 0 bridgehead atoms. The Balaban J connectivity index is 1.86. The Labute approximate surface area is 95.2 Å². The largest absolute Gasteiger partial charge is 0.493 e. The van der Waals surface area contributed by atoms with Crippen LogP contribution in [0.4, 0.5) is 0 Å². The lowest BCUT2D eigenvalue weighted by atomic mass is 10.1. The number of rotatable bonds is 5. The van der Waals surface area contributed by atoms with E-state index in [4.69, 9.17) is 10.5 Å². The van der Waals surface area contributed by atoms with E-state index in [1.165, 1.54) is 17.1 Å². The minimum absolute atomic E-state index is 0.697. The number of ether oxygens (including phenoxy) is 1. The maximum atomic E-state index is 5.74. The van der Waals surface area contributed by atoms with Crippen molar-refractivity contribution in [3.63, 3.8) is 0 Å². The van der Waals surface area contributed by atoms with Gasteiger partial charge in [-0.25, -0.2) is 0 Å². The van der Waals surface area contributed by atoms with E-state index in [0.29, 0.717) is 6.54 Å². The van der Waals surface area contributed by atoms with Gasteiger partial charge in [0, 0.05) is 17.4 Å². The molecule has 0 saturated carbocycles. The van der Waals surface area contributed by atoms with E-state index in [2.05, 4.69) is 12.1 Å². The third kappa shape index (κ3) is 3.14. The van der Waals surface area contributed by atoms with Gasteiger partial charge in [-0.3, -0.25) is 0 Å². The summed E-state index contributed by atoms with van der Waals surface area (Å²) in [5.74, 6) is 4.25. The van der Waals surface area contributed by atoms with Crippen molar-refractivity contribution in [1.82, 2.24) is 0 Å². The second kappa shape index (κ2) is 5.42. The number of hydrogen-bond donors (Lipinski definition) is 1. The Morgan fingerprint density at radius 1 is 1.40 bits per heavy atom. The smallest absolute Gasteiger partial charge is 0.119 e. The van der Waals surface area contributed by atoms with E-state index in [9.17, 15) is 0 Å². The molecule has 0 aromatic heterocycles. The topological polar surface area (TPSA) is 35.2 Å². The lowest BCUT2D eigenvalue weighted by molar-refractivity contribution is 0.269. The summed E-state index contributed by atoms with van der Waals surface area (Å²) in [7, 11) is 0. The van der Waals surface area contributed by atoms with Gasteiger partial charge >= 0.3 is 0 Å². The molecule has 1 heterocycles. The minimum atomic E-state index is 0.697. The molecule has 1 saturated heterocycles. The number of thioether (sulfide) groups is 1. The summed E-state index contributed by atoms with van der Waals surface area (Å²) in [6.45, 7) is 1.56. The van der Waals surface area contributed by atoms with Crippen molar-refractivity contribution < 1.29 is 4.74 Å². The normalized spacial score (nSPS) is 16.1. The molecule has 1 aliphatic rings. The van der Waals surface area contributed by atoms with Crippen LogP contribution in [-0.4, -0.2) is 24.7 Å².